The molecule has 0 unspecified atom stereocenters. The Morgan fingerprint density at radius 2 is 1.95 bits per heavy atom. The number of amides is 1. The van der Waals surface area contributed by atoms with Crippen molar-refractivity contribution in [1.29, 1.82) is 0 Å². The molecule has 2 aromatic rings. The number of halogens is 1. The number of hydrogen-bond acceptors (Lipinski definition) is 6. The third kappa shape index (κ3) is 6.86. The van der Waals surface area contributed by atoms with Gasteiger partial charge in [0, 0.05) is 37.7 Å². The highest BCUT2D eigenvalue weighted by Crippen LogP contribution is 2.29. The summed E-state index contributed by atoms with van der Waals surface area (Å²) in [5.74, 6) is 0.180. The third-order valence-electron chi connectivity index (χ3n) is 7.27. The molecule has 8 nitrogen and oxygen atoms in total. The topological polar surface area (TPSA) is 95.8 Å². The van der Waals surface area contributed by atoms with Gasteiger partial charge in [0.15, 0.2) is 10.7 Å². The largest absolute Gasteiger partial charge is 0.356 e. The summed E-state index contributed by atoms with van der Waals surface area (Å²) in [4.78, 5) is 15.1. The van der Waals surface area contributed by atoms with Crippen molar-refractivity contribution in [2.45, 2.75) is 50.8 Å². The highest BCUT2D eigenvalue weighted by molar-refractivity contribution is 7.89. The van der Waals surface area contributed by atoms with E-state index < -0.39 is 15.8 Å². The van der Waals surface area contributed by atoms with Crippen LogP contribution < -0.4 is 5.32 Å². The number of aromatic nitrogens is 1. The lowest BCUT2D eigenvalue weighted by molar-refractivity contribution is -0.126. The fraction of sp³-hybridized carbons (Fsp3) is 0.556. The molecule has 1 aromatic carbocycles. The van der Waals surface area contributed by atoms with Crippen LogP contribution in [0.4, 0.5) is 4.39 Å². The van der Waals surface area contributed by atoms with Crippen molar-refractivity contribution < 1.29 is 22.1 Å². The van der Waals surface area contributed by atoms with Crippen LogP contribution >= 0.6 is 0 Å². The highest BCUT2D eigenvalue weighted by Gasteiger charge is 2.35. The molecule has 0 bridgehead atoms. The molecule has 10 heteroatoms. The summed E-state index contributed by atoms with van der Waals surface area (Å²) in [5, 5.41) is 6.88. The van der Waals surface area contributed by atoms with E-state index in [9.17, 15) is 17.6 Å². The minimum atomic E-state index is -3.89. The van der Waals surface area contributed by atoms with Crippen molar-refractivity contribution in [1.82, 2.24) is 19.7 Å². The molecule has 2 saturated heterocycles. The van der Waals surface area contributed by atoms with Gasteiger partial charge in [0.1, 0.15) is 11.5 Å². The molecule has 37 heavy (non-hydrogen) atoms. The van der Waals surface area contributed by atoms with E-state index in [0.29, 0.717) is 24.9 Å². The Kier molecular flexibility index (Phi) is 9.15. The highest BCUT2D eigenvalue weighted by atomic mass is 32.2. The minimum Gasteiger partial charge on any atom is -0.356 e. The SMILES string of the molecule is Cc1noc(/C=C/c2ccccc2F)c1S(=O)(=O)N1CCC(C(=O)NCCCN2CCC[C@@H](C)C2)CC1. The number of aryl methyl sites for hydroxylation is 1. The van der Waals surface area contributed by atoms with Crippen molar-refractivity contribution >= 4 is 28.1 Å². The molecule has 1 aromatic heterocycles. The zero-order valence-corrected chi connectivity index (χ0v) is 22.5. The molecule has 2 aliphatic heterocycles. The number of nitrogens with one attached hydrogen (secondary N) is 1. The van der Waals surface area contributed by atoms with E-state index in [4.69, 9.17) is 4.52 Å². The number of piperidine rings is 2. The third-order valence-corrected chi connectivity index (χ3v) is 9.32. The second kappa shape index (κ2) is 12.3. The smallest absolute Gasteiger partial charge is 0.248 e. The molecule has 1 amide bonds. The first-order valence-corrected chi connectivity index (χ1v) is 14.6. The van der Waals surface area contributed by atoms with Crippen molar-refractivity contribution in [3.05, 3.63) is 47.1 Å². The van der Waals surface area contributed by atoms with Crippen molar-refractivity contribution in [3.8, 4) is 0 Å². The van der Waals surface area contributed by atoms with Crippen molar-refractivity contribution in [2.75, 3.05) is 39.3 Å². The van der Waals surface area contributed by atoms with Crippen LogP contribution in [0, 0.1) is 24.6 Å². The Morgan fingerprint density at radius 3 is 2.68 bits per heavy atom. The quantitative estimate of drug-likeness (QED) is 0.492. The van der Waals surface area contributed by atoms with E-state index in [2.05, 4.69) is 22.3 Å². The maximum atomic E-state index is 14.0. The van der Waals surface area contributed by atoms with E-state index in [-0.39, 0.29) is 41.3 Å². The predicted molar refractivity (Wildman–Crippen MR) is 141 cm³/mol. The number of benzene rings is 1. The fourth-order valence-electron chi connectivity index (χ4n) is 5.21. The van der Waals surface area contributed by atoms with Crippen LogP contribution in [0.15, 0.2) is 33.7 Å². The normalized spacial score (nSPS) is 20.5. The number of likely N-dealkylation sites (tertiary alicyclic amines) is 1. The van der Waals surface area contributed by atoms with Crippen LogP contribution in [0.2, 0.25) is 0 Å². The van der Waals surface area contributed by atoms with E-state index in [1.54, 1.807) is 25.1 Å². The minimum absolute atomic E-state index is 0.00118. The predicted octanol–water partition coefficient (Wildman–Crippen LogP) is 3.93. The summed E-state index contributed by atoms with van der Waals surface area (Å²) in [7, 11) is -3.89. The number of carbonyl (C=O) groups is 1. The van der Waals surface area contributed by atoms with Crippen LogP contribution in [0.25, 0.3) is 12.2 Å². The number of carbonyl (C=O) groups excluding carboxylic acids is 1. The molecule has 0 aliphatic carbocycles. The maximum Gasteiger partial charge on any atom is 0.248 e. The Labute approximate surface area is 218 Å². The summed E-state index contributed by atoms with van der Waals surface area (Å²) in [6.45, 7) is 8.24. The van der Waals surface area contributed by atoms with Gasteiger partial charge >= 0.3 is 0 Å². The molecule has 0 radical (unpaired) electrons. The summed E-state index contributed by atoms with van der Waals surface area (Å²) >= 11 is 0. The van der Waals surface area contributed by atoms with Gasteiger partial charge in [-0.2, -0.15) is 4.31 Å². The number of sulfonamides is 1. The molecular formula is C27H37FN4O4S. The van der Waals surface area contributed by atoms with E-state index in [1.165, 1.54) is 35.4 Å². The molecule has 1 atom stereocenters. The first kappa shape index (κ1) is 27.5. The number of rotatable bonds is 9. The Balaban J connectivity index is 1.30. The maximum absolute atomic E-state index is 14.0. The van der Waals surface area contributed by atoms with Gasteiger partial charge in [0.2, 0.25) is 15.9 Å². The molecule has 202 valence electrons. The van der Waals surface area contributed by atoms with Crippen LogP contribution in [0.3, 0.4) is 0 Å². The second-order valence-corrected chi connectivity index (χ2v) is 12.1. The molecule has 4 rings (SSSR count). The van der Waals surface area contributed by atoms with E-state index in [1.807, 2.05) is 0 Å². The lowest BCUT2D eigenvalue weighted by Crippen LogP contribution is -2.43. The Bertz CT molecular complexity index is 1200. The van der Waals surface area contributed by atoms with Gasteiger partial charge in [-0.15, -0.1) is 0 Å². The van der Waals surface area contributed by atoms with Gasteiger partial charge in [-0.3, -0.25) is 4.79 Å². The lowest BCUT2D eigenvalue weighted by Gasteiger charge is -2.31. The van der Waals surface area contributed by atoms with Crippen molar-refractivity contribution in [2.24, 2.45) is 11.8 Å². The number of hydrogen-bond donors (Lipinski definition) is 1. The first-order valence-electron chi connectivity index (χ1n) is 13.1. The second-order valence-electron chi connectivity index (χ2n) is 10.2. The molecular weight excluding hydrogens is 495 g/mol. The Hall–Kier alpha value is -2.56. The van der Waals surface area contributed by atoms with Crippen LogP contribution in [-0.2, 0) is 14.8 Å². The summed E-state index contributed by atoms with van der Waals surface area (Å²) < 4.78 is 47.5. The summed E-state index contributed by atoms with van der Waals surface area (Å²) in [5.41, 5.74) is 0.563. The van der Waals surface area contributed by atoms with Crippen molar-refractivity contribution in [3.63, 3.8) is 0 Å². The standard InChI is InChI=1S/C27H37FN4O4S/c1-20-7-5-15-31(19-20)16-6-14-29-27(33)23-12-17-32(18-13-23)37(34,35)26-21(2)30-36-25(26)11-10-22-8-3-4-9-24(22)28/h3-4,8-11,20,23H,5-7,12-19H2,1-2H3,(H,29,33)/b11-10+/t20-/m1/s1. The average Bonchev–Trinajstić information content (AvgIpc) is 3.27. The molecule has 0 saturated carbocycles. The lowest BCUT2D eigenvalue weighted by atomic mass is 9.97. The zero-order valence-electron chi connectivity index (χ0n) is 21.7. The number of nitrogens with zero attached hydrogens (tertiary/aromatic N) is 3. The fourth-order valence-corrected chi connectivity index (χ4v) is 6.93. The molecule has 2 fully saturated rings. The molecule has 0 spiro atoms. The molecule has 3 heterocycles. The van der Waals surface area contributed by atoms with Crippen LogP contribution in [-0.4, -0.2) is 68.0 Å². The summed E-state index contributed by atoms with van der Waals surface area (Å²) in [6.07, 6.45) is 7.27. The van der Waals surface area contributed by atoms with Gasteiger partial charge < -0.3 is 14.7 Å². The van der Waals surface area contributed by atoms with Gasteiger partial charge in [0.25, 0.3) is 0 Å². The molecule has 1 N–H and O–H groups in total. The summed E-state index contributed by atoms with van der Waals surface area (Å²) in [6, 6.07) is 6.20. The van der Waals surface area contributed by atoms with Crippen LogP contribution in [0.1, 0.15) is 56.0 Å². The zero-order chi connectivity index (χ0) is 26.4. The van der Waals surface area contributed by atoms with Gasteiger partial charge in [-0.25, -0.2) is 12.8 Å². The van der Waals surface area contributed by atoms with Crippen LogP contribution in [0.5, 0.6) is 0 Å². The first-order chi connectivity index (χ1) is 17.8. The molecule has 2 aliphatic rings. The van der Waals surface area contributed by atoms with E-state index >= 15 is 0 Å². The Morgan fingerprint density at radius 1 is 1.19 bits per heavy atom. The van der Waals surface area contributed by atoms with Gasteiger partial charge in [-0.05, 0) is 76.3 Å². The van der Waals surface area contributed by atoms with Gasteiger partial charge in [0.05, 0.1) is 0 Å². The van der Waals surface area contributed by atoms with Gasteiger partial charge in [-0.1, -0.05) is 30.3 Å². The average molecular weight is 533 g/mol. The van der Waals surface area contributed by atoms with E-state index in [0.717, 1.165) is 32.0 Å². The monoisotopic (exact) mass is 532 g/mol.